The zero-order valence-electron chi connectivity index (χ0n) is 8.45. The molecule has 0 atom stereocenters. The van der Waals surface area contributed by atoms with Crippen molar-refractivity contribution in [2.45, 2.75) is 11.8 Å². The van der Waals surface area contributed by atoms with Crippen molar-refractivity contribution in [1.82, 2.24) is 0 Å². The van der Waals surface area contributed by atoms with Crippen molar-refractivity contribution in [2.75, 3.05) is 6.26 Å². The first-order chi connectivity index (χ1) is 6.70. The number of phenols is 1. The van der Waals surface area contributed by atoms with Crippen LogP contribution in [0.2, 0.25) is 0 Å². The second-order valence-corrected chi connectivity index (χ2v) is 3.69. The van der Waals surface area contributed by atoms with Gasteiger partial charge in [-0.3, -0.25) is 0 Å². The van der Waals surface area contributed by atoms with E-state index in [0.717, 1.165) is 15.3 Å². The number of hydrogen-bond donors (Lipinski definition) is 1. The van der Waals surface area contributed by atoms with Crippen LogP contribution in [0.1, 0.15) is 6.92 Å². The van der Waals surface area contributed by atoms with Crippen LogP contribution in [0.5, 0.6) is 5.75 Å². The lowest BCUT2D eigenvalue weighted by Crippen LogP contribution is -2.24. The lowest BCUT2D eigenvalue weighted by Gasteiger charge is -2.01. The summed E-state index contributed by atoms with van der Waals surface area (Å²) in [6, 6.07) is 3.58. The van der Waals surface area contributed by atoms with Crippen LogP contribution >= 0.6 is 11.8 Å². The van der Waals surface area contributed by atoms with Gasteiger partial charge in [-0.25, -0.2) is 0 Å². The largest absolute Gasteiger partial charge is 0.507 e. The van der Waals surface area contributed by atoms with Crippen LogP contribution in [0.15, 0.2) is 29.2 Å². The molecule has 0 fully saturated rings. The number of thioether (sulfide) groups is 1. The summed E-state index contributed by atoms with van der Waals surface area (Å²) in [4.78, 5) is 0.850. The predicted molar refractivity (Wildman–Crippen MR) is 63.9 cm³/mol. The molecule has 0 spiro atoms. The highest BCUT2D eigenvalue weighted by atomic mass is 32.2. The predicted octanol–water partition coefficient (Wildman–Crippen LogP) is 1.88. The average Bonchev–Trinajstić information content (AvgIpc) is 2.18. The standard InChI is InChI=1S/C12H14OS/c1-4-5-6-10-7-8-11(13)12(14-3)9(10)2/h4-8,13H,2H2,1,3H3/b5-4-,10-6-. The van der Waals surface area contributed by atoms with Crippen molar-refractivity contribution in [3.05, 3.63) is 34.7 Å². The van der Waals surface area contributed by atoms with Crippen molar-refractivity contribution >= 4 is 24.4 Å². The van der Waals surface area contributed by atoms with Gasteiger partial charge in [0.25, 0.3) is 0 Å². The smallest absolute Gasteiger partial charge is 0.129 e. The van der Waals surface area contributed by atoms with Crippen LogP contribution in [0.4, 0.5) is 0 Å². The molecule has 0 aliphatic heterocycles. The number of phenolic OH excluding ortho intramolecular Hbond substituents is 1. The Morgan fingerprint density at radius 3 is 2.71 bits per heavy atom. The Morgan fingerprint density at radius 1 is 1.43 bits per heavy atom. The summed E-state index contributed by atoms with van der Waals surface area (Å²) >= 11 is 1.51. The minimum absolute atomic E-state index is 0.306. The third-order valence-corrected chi connectivity index (χ3v) is 2.81. The van der Waals surface area contributed by atoms with Gasteiger partial charge in [-0.15, -0.1) is 11.8 Å². The molecule has 0 aliphatic carbocycles. The second-order valence-electron chi connectivity index (χ2n) is 2.88. The quantitative estimate of drug-likeness (QED) is 0.746. The fraction of sp³-hybridized carbons (Fsp3) is 0.167. The summed E-state index contributed by atoms with van der Waals surface area (Å²) in [5.74, 6) is 0.306. The van der Waals surface area contributed by atoms with Crippen LogP contribution in [0.25, 0.3) is 12.7 Å². The second kappa shape index (κ2) is 4.91. The van der Waals surface area contributed by atoms with E-state index in [1.165, 1.54) is 11.8 Å². The molecular weight excluding hydrogens is 192 g/mol. The highest BCUT2D eigenvalue weighted by molar-refractivity contribution is 7.98. The van der Waals surface area contributed by atoms with Crippen molar-refractivity contribution in [3.63, 3.8) is 0 Å². The summed E-state index contributed by atoms with van der Waals surface area (Å²) in [6.45, 7) is 5.93. The van der Waals surface area contributed by atoms with E-state index in [-0.39, 0.29) is 0 Å². The van der Waals surface area contributed by atoms with Gasteiger partial charge in [0, 0.05) is 0 Å². The van der Waals surface area contributed by atoms with Gasteiger partial charge < -0.3 is 5.11 Å². The third kappa shape index (κ3) is 2.20. The highest BCUT2D eigenvalue weighted by Crippen LogP contribution is 2.19. The molecule has 0 saturated heterocycles. The molecule has 0 heterocycles. The van der Waals surface area contributed by atoms with Crippen LogP contribution in [0.3, 0.4) is 0 Å². The number of allylic oxidation sites excluding steroid dienone is 2. The fourth-order valence-electron chi connectivity index (χ4n) is 1.21. The van der Waals surface area contributed by atoms with Crippen LogP contribution < -0.4 is 10.4 Å². The number of aromatic hydroxyl groups is 1. The monoisotopic (exact) mass is 206 g/mol. The van der Waals surface area contributed by atoms with Gasteiger partial charge >= 0.3 is 0 Å². The number of benzene rings is 1. The lowest BCUT2D eigenvalue weighted by molar-refractivity contribution is 0.461. The summed E-state index contributed by atoms with van der Waals surface area (Å²) < 4.78 is 0. The maximum atomic E-state index is 9.55. The first-order valence-corrected chi connectivity index (χ1v) is 5.61. The fourth-order valence-corrected chi connectivity index (χ4v) is 1.86. The van der Waals surface area contributed by atoms with E-state index in [1.807, 2.05) is 37.5 Å². The van der Waals surface area contributed by atoms with Crippen molar-refractivity contribution in [2.24, 2.45) is 0 Å². The molecule has 14 heavy (non-hydrogen) atoms. The number of rotatable bonds is 2. The van der Waals surface area contributed by atoms with E-state index >= 15 is 0 Å². The zero-order chi connectivity index (χ0) is 10.6. The maximum absolute atomic E-state index is 9.55. The Kier molecular flexibility index (Phi) is 3.84. The van der Waals surface area contributed by atoms with E-state index in [4.69, 9.17) is 0 Å². The van der Waals surface area contributed by atoms with Gasteiger partial charge in [0.05, 0.1) is 4.90 Å². The van der Waals surface area contributed by atoms with Gasteiger partial charge in [-0.1, -0.05) is 30.9 Å². The molecule has 0 saturated carbocycles. The van der Waals surface area contributed by atoms with Gasteiger partial charge in [0.15, 0.2) is 0 Å². The SMILES string of the molecule is C=c1c(SC)c(O)cc/c1=C/C=C\C. The molecule has 0 radical (unpaired) electrons. The number of hydrogen-bond acceptors (Lipinski definition) is 2. The molecule has 0 aliphatic rings. The van der Waals surface area contributed by atoms with E-state index in [1.54, 1.807) is 6.07 Å². The van der Waals surface area contributed by atoms with E-state index in [9.17, 15) is 5.11 Å². The van der Waals surface area contributed by atoms with E-state index in [2.05, 4.69) is 6.58 Å². The van der Waals surface area contributed by atoms with Crippen molar-refractivity contribution in [1.29, 1.82) is 0 Å². The third-order valence-electron chi connectivity index (χ3n) is 1.95. The molecular formula is C12H14OS. The normalized spacial score (nSPS) is 12.6. The van der Waals surface area contributed by atoms with Crippen molar-refractivity contribution in [3.8, 4) is 5.75 Å². The Labute approximate surface area is 88.5 Å². The van der Waals surface area contributed by atoms with Crippen molar-refractivity contribution < 1.29 is 5.11 Å². The molecule has 74 valence electrons. The zero-order valence-corrected chi connectivity index (χ0v) is 9.27. The van der Waals surface area contributed by atoms with Gasteiger partial charge in [0.2, 0.25) is 0 Å². The van der Waals surface area contributed by atoms with E-state index < -0.39 is 0 Å². The highest BCUT2D eigenvalue weighted by Gasteiger charge is 1.99. The van der Waals surface area contributed by atoms with Crippen LogP contribution in [-0.4, -0.2) is 11.4 Å². The first kappa shape index (κ1) is 10.9. The molecule has 1 aromatic rings. The molecule has 1 rings (SSSR count). The minimum atomic E-state index is 0.306. The molecule has 1 aromatic carbocycles. The summed E-state index contributed by atoms with van der Waals surface area (Å²) in [5.41, 5.74) is 0. The summed E-state index contributed by atoms with van der Waals surface area (Å²) in [5, 5.41) is 11.5. The Bertz CT molecular complexity index is 446. The van der Waals surface area contributed by atoms with Crippen LogP contribution in [0, 0.1) is 0 Å². The topological polar surface area (TPSA) is 20.2 Å². The molecule has 1 nitrogen and oxygen atoms in total. The van der Waals surface area contributed by atoms with Gasteiger partial charge in [0.1, 0.15) is 5.75 Å². The molecule has 0 amide bonds. The summed E-state index contributed by atoms with van der Waals surface area (Å²) in [7, 11) is 0. The molecule has 0 unspecified atom stereocenters. The Balaban J connectivity index is 3.44. The maximum Gasteiger partial charge on any atom is 0.129 e. The lowest BCUT2D eigenvalue weighted by atomic mass is 10.2. The molecule has 2 heteroatoms. The Hall–Kier alpha value is -1.15. The first-order valence-electron chi connectivity index (χ1n) is 4.38. The average molecular weight is 206 g/mol. The van der Waals surface area contributed by atoms with Gasteiger partial charge in [-0.2, -0.15) is 0 Å². The van der Waals surface area contributed by atoms with Crippen LogP contribution in [-0.2, 0) is 0 Å². The Morgan fingerprint density at radius 2 is 2.14 bits per heavy atom. The molecule has 0 aromatic heterocycles. The summed E-state index contributed by atoms with van der Waals surface area (Å²) in [6.07, 6.45) is 7.85. The van der Waals surface area contributed by atoms with E-state index in [0.29, 0.717) is 5.75 Å². The minimum Gasteiger partial charge on any atom is -0.507 e. The molecule has 1 N–H and O–H groups in total. The van der Waals surface area contributed by atoms with Gasteiger partial charge in [-0.05, 0) is 29.7 Å². The molecule has 0 bridgehead atoms.